The van der Waals surface area contributed by atoms with Crippen LogP contribution in [0.5, 0.6) is 5.75 Å². The van der Waals surface area contributed by atoms with Gasteiger partial charge in [-0.1, -0.05) is 77.9 Å². The van der Waals surface area contributed by atoms with Gasteiger partial charge in [0.05, 0.1) is 26.7 Å². The first-order valence-electron chi connectivity index (χ1n) is 15.4. The van der Waals surface area contributed by atoms with Crippen molar-refractivity contribution in [1.82, 2.24) is 14.8 Å². The Morgan fingerprint density at radius 3 is 2.44 bits per heavy atom. The van der Waals surface area contributed by atoms with Crippen molar-refractivity contribution in [2.45, 2.75) is 43.6 Å². The minimum Gasteiger partial charge on any atom is -0.488 e. The maximum atomic E-state index is 13.4. The smallest absolute Gasteiger partial charge is 0.324 e. The first-order valence-corrected chi connectivity index (χ1v) is 18.8. The summed E-state index contributed by atoms with van der Waals surface area (Å²) in [7, 11) is -3.25. The van der Waals surface area contributed by atoms with Crippen LogP contribution in [0.1, 0.15) is 46.9 Å². The summed E-state index contributed by atoms with van der Waals surface area (Å²) < 4.78 is 30.9. The summed E-state index contributed by atoms with van der Waals surface area (Å²) in [6.07, 6.45) is 4.49. The van der Waals surface area contributed by atoms with E-state index in [2.05, 4.69) is 50.4 Å². The molecule has 0 saturated heterocycles. The molecule has 0 fully saturated rings. The summed E-state index contributed by atoms with van der Waals surface area (Å²) in [6.45, 7) is 4.35. The number of halogens is 1. The van der Waals surface area contributed by atoms with Gasteiger partial charge in [-0.05, 0) is 55.3 Å². The molecule has 1 atom stereocenters. The molecule has 2 heterocycles. The van der Waals surface area contributed by atoms with Gasteiger partial charge in [-0.3, -0.25) is 10.1 Å². The molecule has 5 rings (SSSR count). The second-order valence-corrected chi connectivity index (χ2v) is 15.2. The highest BCUT2D eigenvalue weighted by Crippen LogP contribution is 2.33. The van der Waals surface area contributed by atoms with Crippen LogP contribution in [0.2, 0.25) is 0 Å². The lowest BCUT2D eigenvalue weighted by molar-refractivity contribution is -0.115. The number of alkyl halides is 1. The lowest BCUT2D eigenvalue weighted by atomic mass is 10.1. The van der Waals surface area contributed by atoms with Crippen molar-refractivity contribution in [3.8, 4) is 11.4 Å². The number of amides is 3. The van der Waals surface area contributed by atoms with Crippen molar-refractivity contribution in [1.29, 1.82) is 0 Å². The summed E-state index contributed by atoms with van der Waals surface area (Å²) in [5, 5.41) is 15.1. The van der Waals surface area contributed by atoms with Crippen molar-refractivity contribution < 1.29 is 22.7 Å². The van der Waals surface area contributed by atoms with Crippen LogP contribution >= 0.6 is 22.6 Å². The molecule has 5 aromatic rings. The average Bonchev–Trinajstić information content (AvgIpc) is 3.47. The molecule has 0 bridgehead atoms. The second kappa shape index (κ2) is 15.6. The van der Waals surface area contributed by atoms with Gasteiger partial charge in [-0.15, -0.1) is 0 Å². The summed E-state index contributed by atoms with van der Waals surface area (Å²) in [6, 6.07) is 24.2. The molecule has 11 nitrogen and oxygen atoms in total. The Labute approximate surface area is 293 Å². The van der Waals surface area contributed by atoms with E-state index in [9.17, 15) is 18.0 Å². The molecule has 0 aliphatic heterocycles. The highest BCUT2D eigenvalue weighted by Gasteiger charge is 2.18. The minimum atomic E-state index is -3.25. The van der Waals surface area contributed by atoms with E-state index < -0.39 is 21.8 Å². The molecular formula is C35H37IN6O5S. The number of fused-ring (bicyclic) bond motifs is 1. The predicted molar refractivity (Wildman–Crippen MR) is 198 cm³/mol. The first-order chi connectivity index (χ1) is 23.0. The lowest BCUT2D eigenvalue weighted by Crippen LogP contribution is -2.21. The SMILES string of the molecule is CCCC(I)c1cc(NC(=O)Nc2ccc(OCc3ccnc(NC(=O)CCS(C)(=O)=O)c3)c3ccccc23)n(-c2ccc(C)cc2)n1. The number of sulfone groups is 1. The molecule has 0 saturated carbocycles. The molecule has 0 spiro atoms. The third kappa shape index (κ3) is 9.31. The minimum absolute atomic E-state index is 0.152. The quantitative estimate of drug-likeness (QED) is 0.0825. The number of carbonyl (C=O) groups excluding carboxylic acids is 2. The summed E-state index contributed by atoms with van der Waals surface area (Å²) in [5.41, 5.74) is 4.25. The van der Waals surface area contributed by atoms with Gasteiger partial charge in [0.1, 0.15) is 33.8 Å². The zero-order valence-corrected chi connectivity index (χ0v) is 29.8. The third-order valence-corrected chi connectivity index (χ3v) is 9.64. The highest BCUT2D eigenvalue weighted by atomic mass is 127. The number of aryl methyl sites for hydroxylation is 1. The van der Waals surface area contributed by atoms with Crippen molar-refractivity contribution in [2.24, 2.45) is 0 Å². The maximum absolute atomic E-state index is 13.4. The molecule has 3 aromatic carbocycles. The Kier molecular flexibility index (Phi) is 11.3. The second-order valence-electron chi connectivity index (χ2n) is 11.5. The number of benzene rings is 3. The number of nitrogens with zero attached hydrogens (tertiary/aromatic N) is 3. The molecule has 1 unspecified atom stereocenters. The van der Waals surface area contributed by atoms with Crippen molar-refractivity contribution in [2.75, 3.05) is 28.0 Å². The van der Waals surface area contributed by atoms with E-state index >= 15 is 0 Å². The molecule has 2 aromatic heterocycles. The van der Waals surface area contributed by atoms with Gasteiger partial charge in [-0.2, -0.15) is 5.10 Å². The number of rotatable bonds is 13. The number of hydrogen-bond acceptors (Lipinski definition) is 7. The highest BCUT2D eigenvalue weighted by molar-refractivity contribution is 14.1. The molecule has 0 aliphatic rings. The number of ether oxygens (including phenoxy) is 1. The fourth-order valence-electron chi connectivity index (χ4n) is 4.98. The van der Waals surface area contributed by atoms with Crippen LogP contribution in [-0.4, -0.2) is 47.1 Å². The number of urea groups is 1. The Morgan fingerprint density at radius 1 is 0.958 bits per heavy atom. The molecule has 48 heavy (non-hydrogen) atoms. The average molecular weight is 781 g/mol. The van der Waals surface area contributed by atoms with Crippen LogP contribution in [0.3, 0.4) is 0 Å². The van der Waals surface area contributed by atoms with Crippen molar-refractivity contribution >= 4 is 72.5 Å². The van der Waals surface area contributed by atoms with E-state index in [-0.39, 0.29) is 22.7 Å². The molecule has 0 radical (unpaired) electrons. The van der Waals surface area contributed by atoms with Crippen molar-refractivity contribution in [3.05, 3.63) is 102 Å². The van der Waals surface area contributed by atoms with Crippen LogP contribution < -0.4 is 20.7 Å². The van der Waals surface area contributed by atoms with Crippen LogP contribution in [0.25, 0.3) is 16.5 Å². The molecule has 250 valence electrons. The molecule has 3 amide bonds. The van der Waals surface area contributed by atoms with Gasteiger partial charge in [0.2, 0.25) is 5.91 Å². The number of pyridine rings is 1. The van der Waals surface area contributed by atoms with Gasteiger partial charge in [0.25, 0.3) is 0 Å². The Bertz CT molecular complexity index is 2030. The number of aromatic nitrogens is 3. The number of anilines is 3. The fourth-order valence-corrected chi connectivity index (χ4v) is 6.46. The van der Waals surface area contributed by atoms with E-state index in [1.54, 1.807) is 35.1 Å². The van der Waals surface area contributed by atoms with Gasteiger partial charge in [-0.25, -0.2) is 22.9 Å². The van der Waals surface area contributed by atoms with Crippen LogP contribution in [0.4, 0.5) is 22.1 Å². The topological polar surface area (TPSA) is 144 Å². The number of nitrogens with one attached hydrogen (secondary N) is 3. The van der Waals surface area contributed by atoms with Crippen molar-refractivity contribution in [3.63, 3.8) is 0 Å². The largest absolute Gasteiger partial charge is 0.488 e. The standard InChI is InChI=1S/C35H37IN6O5S/c1-4-7-28(36)30-21-33(42(41-30)25-12-10-23(2)11-13-25)40-35(44)38-29-14-15-31(27-9-6-5-8-26(27)29)47-22-24-16-18-37-32(20-24)39-34(43)17-19-48(3,45)46/h5-6,8-16,18,20-21,28H,4,7,17,19,22H2,1-3H3,(H,37,39,43)(H2,38,40,44). The van der Waals surface area contributed by atoms with Crippen LogP contribution in [0, 0.1) is 6.92 Å². The van der Waals surface area contributed by atoms with Gasteiger partial charge in [0, 0.05) is 35.7 Å². The number of carbonyl (C=O) groups is 2. The molecular weight excluding hydrogens is 743 g/mol. The fraction of sp³-hybridized carbons (Fsp3) is 0.257. The monoisotopic (exact) mass is 780 g/mol. The number of hydrogen-bond donors (Lipinski definition) is 3. The zero-order valence-electron chi connectivity index (χ0n) is 26.9. The van der Waals surface area contributed by atoms with Gasteiger partial charge in [0.15, 0.2) is 0 Å². The predicted octanol–water partition coefficient (Wildman–Crippen LogP) is 7.60. The van der Waals surface area contributed by atoms with E-state index in [0.717, 1.165) is 52.4 Å². The lowest BCUT2D eigenvalue weighted by Gasteiger charge is -2.15. The Balaban J connectivity index is 1.30. The van der Waals surface area contributed by atoms with Crippen LogP contribution in [-0.2, 0) is 21.2 Å². The summed E-state index contributed by atoms with van der Waals surface area (Å²) >= 11 is 2.39. The molecule has 3 N–H and O–H groups in total. The molecule has 0 aliphatic carbocycles. The van der Waals surface area contributed by atoms with E-state index in [4.69, 9.17) is 9.84 Å². The Hall–Kier alpha value is -4.50. The maximum Gasteiger partial charge on any atom is 0.324 e. The third-order valence-electron chi connectivity index (χ3n) is 7.43. The van der Waals surface area contributed by atoms with E-state index in [0.29, 0.717) is 23.1 Å². The van der Waals surface area contributed by atoms with Gasteiger partial charge < -0.3 is 15.4 Å². The van der Waals surface area contributed by atoms with Gasteiger partial charge >= 0.3 is 6.03 Å². The normalized spacial score (nSPS) is 12.0. The summed E-state index contributed by atoms with van der Waals surface area (Å²) in [4.78, 5) is 29.7. The summed E-state index contributed by atoms with van der Waals surface area (Å²) in [5.74, 6) is 0.809. The van der Waals surface area contributed by atoms with Crippen LogP contribution in [0.15, 0.2) is 85.1 Å². The van der Waals surface area contributed by atoms with E-state index in [1.165, 1.54) is 0 Å². The first kappa shape index (κ1) is 34.8. The molecule has 13 heteroatoms. The van der Waals surface area contributed by atoms with E-state index in [1.807, 2.05) is 61.5 Å². The zero-order chi connectivity index (χ0) is 34.3. The Morgan fingerprint density at radius 2 is 1.71 bits per heavy atom.